The molecule has 1 fully saturated rings. The summed E-state index contributed by atoms with van der Waals surface area (Å²) in [5.41, 5.74) is 5.65. The monoisotopic (exact) mass is 222 g/mol. The van der Waals surface area contributed by atoms with Crippen LogP contribution in [-0.4, -0.2) is 32.4 Å². The molecule has 1 atom stereocenters. The Balaban J connectivity index is 2.09. The number of carbonyl (C=O) groups excluding carboxylic acids is 1. The molecule has 0 unspecified atom stereocenters. The zero-order chi connectivity index (χ0) is 11.7. The number of nitrogens with two attached hydrogens (primary N) is 1. The fourth-order valence-electron chi connectivity index (χ4n) is 1.74. The molecule has 5 heteroatoms. The molecule has 1 aliphatic rings. The van der Waals surface area contributed by atoms with Gasteiger partial charge >= 0.3 is 0 Å². The highest BCUT2D eigenvalue weighted by Gasteiger charge is 2.34. The zero-order valence-electron chi connectivity index (χ0n) is 9.76. The summed E-state index contributed by atoms with van der Waals surface area (Å²) in [6.45, 7) is 2.30. The van der Waals surface area contributed by atoms with Crippen LogP contribution in [0.1, 0.15) is 25.6 Å². The highest BCUT2D eigenvalue weighted by atomic mass is 16.2. The van der Waals surface area contributed by atoms with Gasteiger partial charge in [0.2, 0.25) is 5.91 Å². The lowest BCUT2D eigenvalue weighted by Gasteiger charge is -2.23. The molecule has 0 bridgehead atoms. The lowest BCUT2D eigenvalue weighted by Crippen LogP contribution is -2.43. The third-order valence-corrected chi connectivity index (χ3v) is 2.89. The fourth-order valence-corrected chi connectivity index (χ4v) is 1.74. The Morgan fingerprint density at radius 2 is 2.44 bits per heavy atom. The number of aryl methyl sites for hydroxylation is 1. The first kappa shape index (κ1) is 11.1. The SMILES string of the molecule is C[C@@H](N)C(=O)N(Cc1nccn1C)C1CC1. The van der Waals surface area contributed by atoms with E-state index in [9.17, 15) is 4.79 Å². The number of amides is 1. The van der Waals surface area contributed by atoms with Crippen molar-refractivity contribution in [3.8, 4) is 0 Å². The summed E-state index contributed by atoms with van der Waals surface area (Å²) in [7, 11) is 1.93. The van der Waals surface area contributed by atoms with E-state index in [-0.39, 0.29) is 5.91 Å². The Kier molecular flexibility index (Phi) is 2.96. The third kappa shape index (κ3) is 2.24. The summed E-state index contributed by atoms with van der Waals surface area (Å²) < 4.78 is 1.93. The van der Waals surface area contributed by atoms with Crippen molar-refractivity contribution in [2.24, 2.45) is 12.8 Å². The maximum absolute atomic E-state index is 11.9. The smallest absolute Gasteiger partial charge is 0.239 e. The second-order valence-electron chi connectivity index (χ2n) is 4.44. The van der Waals surface area contributed by atoms with Crippen LogP contribution in [0.15, 0.2) is 12.4 Å². The molecule has 1 aromatic heterocycles. The minimum Gasteiger partial charge on any atom is -0.337 e. The molecule has 0 aliphatic heterocycles. The Morgan fingerprint density at radius 3 is 2.88 bits per heavy atom. The number of aromatic nitrogens is 2. The maximum Gasteiger partial charge on any atom is 0.239 e. The van der Waals surface area contributed by atoms with Crippen molar-refractivity contribution in [2.45, 2.75) is 38.4 Å². The molecule has 0 radical (unpaired) electrons. The quantitative estimate of drug-likeness (QED) is 0.794. The van der Waals surface area contributed by atoms with Gasteiger partial charge in [-0.1, -0.05) is 0 Å². The van der Waals surface area contributed by atoms with E-state index in [1.165, 1.54) is 0 Å². The fraction of sp³-hybridized carbons (Fsp3) is 0.636. The summed E-state index contributed by atoms with van der Waals surface area (Å²) in [5.74, 6) is 0.923. The molecule has 0 aromatic carbocycles. The molecule has 0 spiro atoms. The molecule has 1 amide bonds. The molecular formula is C11H18N4O. The number of carbonyl (C=O) groups is 1. The van der Waals surface area contributed by atoms with Crippen LogP contribution in [0.4, 0.5) is 0 Å². The summed E-state index contributed by atoms with van der Waals surface area (Å²) in [6, 6.07) is -0.0592. The van der Waals surface area contributed by atoms with Crippen molar-refractivity contribution in [2.75, 3.05) is 0 Å². The van der Waals surface area contributed by atoms with Gasteiger partial charge < -0.3 is 15.2 Å². The first-order valence-electron chi connectivity index (χ1n) is 5.62. The lowest BCUT2D eigenvalue weighted by molar-refractivity contribution is -0.133. The van der Waals surface area contributed by atoms with Crippen molar-refractivity contribution in [3.63, 3.8) is 0 Å². The molecule has 88 valence electrons. The standard InChI is InChI=1S/C11H18N4O/c1-8(12)11(16)15(9-3-4-9)7-10-13-5-6-14(10)2/h5-6,8-9H,3-4,7,12H2,1-2H3/t8-/m1/s1. The molecule has 2 rings (SSSR count). The topological polar surface area (TPSA) is 64.2 Å². The second-order valence-corrected chi connectivity index (χ2v) is 4.44. The normalized spacial score (nSPS) is 17.2. The second kappa shape index (κ2) is 4.25. The molecule has 1 aromatic rings. The van der Waals surface area contributed by atoms with Crippen LogP contribution in [-0.2, 0) is 18.4 Å². The Hall–Kier alpha value is -1.36. The van der Waals surface area contributed by atoms with Crippen LogP contribution in [0, 0.1) is 0 Å². The minimum absolute atomic E-state index is 0.0190. The van der Waals surface area contributed by atoms with Crippen LogP contribution < -0.4 is 5.73 Å². The third-order valence-electron chi connectivity index (χ3n) is 2.89. The van der Waals surface area contributed by atoms with E-state index in [4.69, 9.17) is 5.73 Å². The van der Waals surface area contributed by atoms with Crippen molar-refractivity contribution < 1.29 is 4.79 Å². The Labute approximate surface area is 95.2 Å². The van der Waals surface area contributed by atoms with Gasteiger partial charge in [-0.25, -0.2) is 4.98 Å². The van der Waals surface area contributed by atoms with Gasteiger partial charge in [0, 0.05) is 25.5 Å². The van der Waals surface area contributed by atoms with Crippen LogP contribution in [0.2, 0.25) is 0 Å². The molecule has 1 aliphatic carbocycles. The summed E-state index contributed by atoms with van der Waals surface area (Å²) in [4.78, 5) is 18.0. The molecule has 1 saturated carbocycles. The molecule has 0 saturated heterocycles. The van der Waals surface area contributed by atoms with Gasteiger partial charge in [-0.15, -0.1) is 0 Å². The number of imidazole rings is 1. The van der Waals surface area contributed by atoms with Crippen LogP contribution in [0.3, 0.4) is 0 Å². The number of hydrogen-bond acceptors (Lipinski definition) is 3. The Morgan fingerprint density at radius 1 is 1.75 bits per heavy atom. The average molecular weight is 222 g/mol. The van der Waals surface area contributed by atoms with E-state index in [0.29, 0.717) is 12.6 Å². The first-order chi connectivity index (χ1) is 7.59. The van der Waals surface area contributed by atoms with Gasteiger partial charge in [-0.05, 0) is 19.8 Å². The largest absolute Gasteiger partial charge is 0.337 e. The molecule has 5 nitrogen and oxygen atoms in total. The van der Waals surface area contributed by atoms with E-state index in [1.54, 1.807) is 13.1 Å². The highest BCUT2D eigenvalue weighted by molar-refractivity contribution is 5.81. The molecule has 1 heterocycles. The number of hydrogen-bond donors (Lipinski definition) is 1. The first-order valence-corrected chi connectivity index (χ1v) is 5.62. The van der Waals surface area contributed by atoms with Gasteiger partial charge in [0.15, 0.2) is 0 Å². The predicted octanol–water partition coefficient (Wildman–Crippen LogP) is 0.258. The van der Waals surface area contributed by atoms with E-state index < -0.39 is 6.04 Å². The van der Waals surface area contributed by atoms with E-state index in [1.807, 2.05) is 22.7 Å². The van der Waals surface area contributed by atoms with Gasteiger partial charge in [0.25, 0.3) is 0 Å². The van der Waals surface area contributed by atoms with Crippen molar-refractivity contribution >= 4 is 5.91 Å². The summed E-state index contributed by atoms with van der Waals surface area (Å²) in [5, 5.41) is 0. The summed E-state index contributed by atoms with van der Waals surface area (Å²) in [6.07, 6.45) is 5.80. The summed E-state index contributed by atoms with van der Waals surface area (Å²) >= 11 is 0. The van der Waals surface area contributed by atoms with Crippen LogP contribution in [0.25, 0.3) is 0 Å². The van der Waals surface area contributed by atoms with Gasteiger partial charge in [-0.3, -0.25) is 4.79 Å². The van der Waals surface area contributed by atoms with E-state index >= 15 is 0 Å². The average Bonchev–Trinajstić information content (AvgIpc) is 2.99. The maximum atomic E-state index is 11.9. The minimum atomic E-state index is -0.430. The Bertz CT molecular complexity index is 381. The molecular weight excluding hydrogens is 204 g/mol. The van der Waals surface area contributed by atoms with Crippen LogP contribution in [0.5, 0.6) is 0 Å². The highest BCUT2D eigenvalue weighted by Crippen LogP contribution is 2.28. The number of rotatable bonds is 4. The van der Waals surface area contributed by atoms with Crippen molar-refractivity contribution in [1.82, 2.24) is 14.5 Å². The van der Waals surface area contributed by atoms with Gasteiger partial charge in [0.05, 0.1) is 12.6 Å². The van der Waals surface area contributed by atoms with E-state index in [0.717, 1.165) is 18.7 Å². The van der Waals surface area contributed by atoms with E-state index in [2.05, 4.69) is 4.98 Å². The van der Waals surface area contributed by atoms with Crippen LogP contribution >= 0.6 is 0 Å². The van der Waals surface area contributed by atoms with Crippen molar-refractivity contribution in [3.05, 3.63) is 18.2 Å². The predicted molar refractivity (Wildman–Crippen MR) is 60.4 cm³/mol. The zero-order valence-corrected chi connectivity index (χ0v) is 9.76. The lowest BCUT2D eigenvalue weighted by atomic mass is 10.3. The van der Waals surface area contributed by atoms with Crippen molar-refractivity contribution in [1.29, 1.82) is 0 Å². The van der Waals surface area contributed by atoms with Gasteiger partial charge in [-0.2, -0.15) is 0 Å². The molecule has 16 heavy (non-hydrogen) atoms. The van der Waals surface area contributed by atoms with Gasteiger partial charge in [0.1, 0.15) is 5.82 Å². The molecule has 2 N–H and O–H groups in total. The number of nitrogens with zero attached hydrogens (tertiary/aromatic N) is 3.